The molecule has 1 saturated heterocycles. The normalized spacial score (nSPS) is 17.1. The van der Waals surface area contributed by atoms with Crippen LogP contribution >= 0.6 is 0 Å². The van der Waals surface area contributed by atoms with Gasteiger partial charge in [-0.15, -0.1) is 0 Å². The molecule has 5 rings (SSSR count). The Labute approximate surface area is 187 Å². The molecule has 0 amide bonds. The highest BCUT2D eigenvalue weighted by molar-refractivity contribution is 7.89. The second-order valence-electron chi connectivity index (χ2n) is 8.08. The van der Waals surface area contributed by atoms with Crippen LogP contribution in [0.25, 0.3) is 0 Å². The predicted molar refractivity (Wildman–Crippen MR) is 120 cm³/mol. The van der Waals surface area contributed by atoms with Crippen LogP contribution < -0.4 is 0 Å². The number of hydrogen-bond donors (Lipinski definition) is 0. The Hall–Kier alpha value is -3.13. The average molecular weight is 447 g/mol. The molecular weight excluding hydrogens is 424 g/mol. The van der Waals surface area contributed by atoms with Crippen molar-refractivity contribution in [1.82, 2.24) is 9.21 Å². The number of sulfonamides is 1. The molecule has 0 bridgehead atoms. The molecule has 32 heavy (non-hydrogen) atoms. The van der Waals surface area contributed by atoms with Gasteiger partial charge >= 0.3 is 0 Å². The monoisotopic (exact) mass is 446 g/mol. The molecule has 0 saturated carbocycles. The van der Waals surface area contributed by atoms with Crippen molar-refractivity contribution in [3.05, 3.63) is 101 Å². The van der Waals surface area contributed by atoms with Crippen molar-refractivity contribution in [2.45, 2.75) is 11.4 Å². The lowest BCUT2D eigenvalue weighted by Crippen LogP contribution is -2.48. The molecule has 0 atom stereocenters. The van der Waals surface area contributed by atoms with Gasteiger partial charge in [0.05, 0.1) is 4.90 Å². The van der Waals surface area contributed by atoms with Gasteiger partial charge in [0, 0.05) is 55.0 Å². The summed E-state index contributed by atoms with van der Waals surface area (Å²) in [5.41, 5.74) is 2.27. The molecule has 0 aromatic heterocycles. The van der Waals surface area contributed by atoms with Gasteiger partial charge in [0.15, 0.2) is 11.6 Å². The number of piperazine rings is 1. The standard InChI is InChI=1S/C25H22N2O4S/c28-24-20-8-4-5-9-21(20)25(29)23-16-19(10-11-22(23)24)32(30,31)27-14-12-26(13-15-27)17-18-6-2-1-3-7-18/h1-11,16H,12-15,17H2. The summed E-state index contributed by atoms with van der Waals surface area (Å²) < 4.78 is 28.0. The Morgan fingerprint density at radius 1 is 0.656 bits per heavy atom. The first-order chi connectivity index (χ1) is 15.4. The topological polar surface area (TPSA) is 74.8 Å². The first kappa shape index (κ1) is 20.8. The van der Waals surface area contributed by atoms with E-state index in [-0.39, 0.29) is 27.6 Å². The van der Waals surface area contributed by atoms with Gasteiger partial charge in [-0.25, -0.2) is 8.42 Å². The van der Waals surface area contributed by atoms with E-state index in [1.807, 2.05) is 18.2 Å². The Bertz CT molecular complexity index is 1310. The third kappa shape index (κ3) is 3.58. The van der Waals surface area contributed by atoms with E-state index in [0.29, 0.717) is 37.3 Å². The van der Waals surface area contributed by atoms with Gasteiger partial charge < -0.3 is 0 Å². The van der Waals surface area contributed by atoms with Crippen molar-refractivity contribution in [3.8, 4) is 0 Å². The molecule has 3 aromatic rings. The second-order valence-corrected chi connectivity index (χ2v) is 10.0. The van der Waals surface area contributed by atoms with Crippen LogP contribution in [-0.4, -0.2) is 55.4 Å². The van der Waals surface area contributed by atoms with E-state index in [1.54, 1.807) is 24.3 Å². The number of fused-ring (bicyclic) bond motifs is 2. The van der Waals surface area contributed by atoms with Crippen LogP contribution in [0.3, 0.4) is 0 Å². The maximum Gasteiger partial charge on any atom is 0.243 e. The molecule has 1 aliphatic carbocycles. The molecular formula is C25H22N2O4S. The smallest absolute Gasteiger partial charge is 0.243 e. The van der Waals surface area contributed by atoms with E-state index in [0.717, 1.165) is 6.54 Å². The molecule has 2 aliphatic rings. The maximum atomic E-state index is 13.3. The van der Waals surface area contributed by atoms with Gasteiger partial charge in [-0.3, -0.25) is 14.5 Å². The molecule has 3 aromatic carbocycles. The fourth-order valence-electron chi connectivity index (χ4n) is 4.36. The minimum atomic E-state index is -3.77. The van der Waals surface area contributed by atoms with E-state index in [1.165, 1.54) is 28.1 Å². The molecule has 0 spiro atoms. The van der Waals surface area contributed by atoms with Crippen molar-refractivity contribution < 1.29 is 18.0 Å². The number of benzene rings is 3. The van der Waals surface area contributed by atoms with Crippen molar-refractivity contribution in [3.63, 3.8) is 0 Å². The molecule has 7 heteroatoms. The SMILES string of the molecule is O=C1c2ccccc2C(=O)c2cc(S(=O)(=O)N3CCN(Cc4ccccc4)CC3)ccc21. The number of carbonyl (C=O) groups is 2. The first-order valence-corrected chi connectivity index (χ1v) is 12.0. The zero-order valence-corrected chi connectivity index (χ0v) is 18.2. The van der Waals surface area contributed by atoms with Crippen LogP contribution in [0.5, 0.6) is 0 Å². The Morgan fingerprint density at radius 2 is 1.22 bits per heavy atom. The minimum Gasteiger partial charge on any atom is -0.296 e. The first-order valence-electron chi connectivity index (χ1n) is 10.5. The number of ketones is 2. The molecule has 6 nitrogen and oxygen atoms in total. The van der Waals surface area contributed by atoms with Crippen LogP contribution in [0.1, 0.15) is 37.4 Å². The fraction of sp³-hybridized carbons (Fsp3) is 0.200. The maximum absolute atomic E-state index is 13.3. The summed E-state index contributed by atoms with van der Waals surface area (Å²) in [7, 11) is -3.77. The third-order valence-electron chi connectivity index (χ3n) is 6.11. The Balaban J connectivity index is 1.36. The summed E-state index contributed by atoms with van der Waals surface area (Å²) in [4.78, 5) is 28.0. The highest BCUT2D eigenvalue weighted by atomic mass is 32.2. The molecule has 0 radical (unpaired) electrons. The Morgan fingerprint density at radius 3 is 1.88 bits per heavy atom. The van der Waals surface area contributed by atoms with Crippen molar-refractivity contribution in [1.29, 1.82) is 0 Å². The number of nitrogens with zero attached hydrogens (tertiary/aromatic N) is 2. The van der Waals surface area contributed by atoms with E-state index < -0.39 is 10.0 Å². The minimum absolute atomic E-state index is 0.0493. The van der Waals surface area contributed by atoms with Crippen molar-refractivity contribution >= 4 is 21.6 Å². The summed E-state index contributed by atoms with van der Waals surface area (Å²) in [5.74, 6) is -0.575. The number of hydrogen-bond acceptors (Lipinski definition) is 5. The van der Waals surface area contributed by atoms with Crippen LogP contribution in [0.4, 0.5) is 0 Å². The second kappa shape index (κ2) is 8.09. The van der Waals surface area contributed by atoms with Crippen LogP contribution in [0.2, 0.25) is 0 Å². The van der Waals surface area contributed by atoms with Gasteiger partial charge in [-0.2, -0.15) is 4.31 Å². The quantitative estimate of drug-likeness (QED) is 0.482. The van der Waals surface area contributed by atoms with E-state index in [9.17, 15) is 18.0 Å². The van der Waals surface area contributed by atoms with E-state index in [2.05, 4.69) is 17.0 Å². The molecule has 0 unspecified atom stereocenters. The zero-order valence-electron chi connectivity index (χ0n) is 17.4. The Kier molecular flexibility index (Phi) is 5.25. The van der Waals surface area contributed by atoms with Crippen molar-refractivity contribution in [2.75, 3.05) is 26.2 Å². The zero-order chi connectivity index (χ0) is 22.3. The highest BCUT2D eigenvalue weighted by Crippen LogP contribution is 2.30. The average Bonchev–Trinajstić information content (AvgIpc) is 2.83. The summed E-state index contributed by atoms with van der Waals surface area (Å²) in [6.45, 7) is 2.79. The highest BCUT2D eigenvalue weighted by Gasteiger charge is 2.33. The lowest BCUT2D eigenvalue weighted by atomic mass is 9.84. The van der Waals surface area contributed by atoms with Gasteiger partial charge in [-0.05, 0) is 23.8 Å². The third-order valence-corrected chi connectivity index (χ3v) is 8.01. The van der Waals surface area contributed by atoms with Crippen LogP contribution in [-0.2, 0) is 16.6 Å². The fourth-order valence-corrected chi connectivity index (χ4v) is 5.81. The largest absolute Gasteiger partial charge is 0.296 e. The summed E-state index contributed by atoms with van der Waals surface area (Å²) >= 11 is 0. The van der Waals surface area contributed by atoms with Gasteiger partial charge in [0.25, 0.3) is 0 Å². The summed E-state index contributed by atoms with van der Waals surface area (Å²) in [6, 6.07) is 21.0. The molecule has 0 N–H and O–H groups in total. The van der Waals surface area contributed by atoms with Crippen molar-refractivity contribution in [2.24, 2.45) is 0 Å². The number of rotatable bonds is 4. The van der Waals surface area contributed by atoms with E-state index >= 15 is 0 Å². The number of carbonyl (C=O) groups excluding carboxylic acids is 2. The predicted octanol–water partition coefficient (Wildman–Crippen LogP) is 2.97. The molecule has 1 heterocycles. The van der Waals surface area contributed by atoms with Crippen LogP contribution in [0, 0.1) is 0 Å². The summed E-state index contributed by atoms with van der Waals surface area (Å²) in [5, 5.41) is 0. The molecule has 1 aliphatic heterocycles. The lowest BCUT2D eigenvalue weighted by Gasteiger charge is -2.34. The summed E-state index contributed by atoms with van der Waals surface area (Å²) in [6.07, 6.45) is 0. The molecule has 1 fully saturated rings. The van der Waals surface area contributed by atoms with Gasteiger partial charge in [0.2, 0.25) is 10.0 Å². The lowest BCUT2D eigenvalue weighted by molar-refractivity contribution is 0.0979. The van der Waals surface area contributed by atoms with Crippen LogP contribution in [0.15, 0.2) is 77.7 Å². The van der Waals surface area contributed by atoms with Gasteiger partial charge in [-0.1, -0.05) is 54.6 Å². The van der Waals surface area contributed by atoms with E-state index in [4.69, 9.17) is 0 Å². The van der Waals surface area contributed by atoms with Gasteiger partial charge in [0.1, 0.15) is 0 Å². The molecule has 162 valence electrons.